The summed E-state index contributed by atoms with van der Waals surface area (Å²) in [6.45, 7) is 9.89. The van der Waals surface area contributed by atoms with Crippen LogP contribution in [0.2, 0.25) is 0 Å². The maximum Gasteiger partial charge on any atom is 0.413 e. The van der Waals surface area contributed by atoms with Gasteiger partial charge in [0.2, 0.25) is 0 Å². The summed E-state index contributed by atoms with van der Waals surface area (Å²) in [6, 6.07) is 5.94. The highest BCUT2D eigenvalue weighted by atomic mass is 35.5. The largest absolute Gasteiger partial charge is 0.413 e. The molecule has 2 amide bonds. The Hall–Kier alpha value is -1.79. The second-order valence-corrected chi connectivity index (χ2v) is 7.75. The van der Waals surface area contributed by atoms with E-state index < -0.39 is 6.09 Å². The first-order valence-electron chi connectivity index (χ1n) is 10.0. The number of hydrogen-bond donors (Lipinski definition) is 2. The van der Waals surface area contributed by atoms with Crippen LogP contribution < -0.4 is 15.5 Å². The van der Waals surface area contributed by atoms with Crippen LogP contribution in [0.15, 0.2) is 18.2 Å². The van der Waals surface area contributed by atoms with E-state index in [1.165, 1.54) is 12.8 Å². The van der Waals surface area contributed by atoms with E-state index in [1.807, 2.05) is 23.2 Å². The molecule has 1 aliphatic rings. The summed E-state index contributed by atoms with van der Waals surface area (Å²) in [5.41, 5.74) is 4.84. The van der Waals surface area contributed by atoms with E-state index in [2.05, 4.69) is 38.4 Å². The summed E-state index contributed by atoms with van der Waals surface area (Å²) >= 11 is 0. The minimum atomic E-state index is -0.601. The average molecular weight is 412 g/mol. The molecule has 1 aliphatic heterocycles. The molecule has 0 atom stereocenters. The first-order valence-corrected chi connectivity index (χ1v) is 10.0. The van der Waals surface area contributed by atoms with Gasteiger partial charge in [0.1, 0.15) is 12.3 Å². The Balaban J connectivity index is 0.00000392. The smallest absolute Gasteiger partial charge is 0.410 e. The Bertz CT molecular complexity index is 616. The highest BCUT2D eigenvalue weighted by Crippen LogP contribution is 2.34. The van der Waals surface area contributed by atoms with Gasteiger partial charge in [-0.25, -0.2) is 9.80 Å². The van der Waals surface area contributed by atoms with Gasteiger partial charge in [0.15, 0.2) is 0 Å². The SMILES string of the molecule is CC(C)c1cccc(C(C)C)c1OC(=O)NCC(=O)NN1CCCCCC1.Cl. The van der Waals surface area contributed by atoms with Crippen molar-refractivity contribution in [2.45, 2.75) is 65.2 Å². The molecular formula is C21H34ClN3O3. The summed E-state index contributed by atoms with van der Waals surface area (Å²) < 4.78 is 5.62. The van der Waals surface area contributed by atoms with Crippen LogP contribution in [0, 0.1) is 0 Å². The Labute approximate surface area is 174 Å². The van der Waals surface area contributed by atoms with Gasteiger partial charge < -0.3 is 10.1 Å². The van der Waals surface area contributed by atoms with E-state index in [0.29, 0.717) is 5.75 Å². The fourth-order valence-corrected chi connectivity index (χ4v) is 3.28. The molecule has 1 saturated heterocycles. The summed E-state index contributed by atoms with van der Waals surface area (Å²) in [4.78, 5) is 24.4. The van der Waals surface area contributed by atoms with Crippen molar-refractivity contribution in [2.75, 3.05) is 19.6 Å². The number of ether oxygens (including phenoxy) is 1. The van der Waals surface area contributed by atoms with E-state index in [9.17, 15) is 9.59 Å². The number of amides is 2. The molecule has 1 aromatic rings. The van der Waals surface area contributed by atoms with Crippen molar-refractivity contribution in [3.63, 3.8) is 0 Å². The van der Waals surface area contributed by atoms with Gasteiger partial charge in [-0.2, -0.15) is 0 Å². The lowest BCUT2D eigenvalue weighted by Crippen LogP contribution is -2.47. The summed E-state index contributed by atoms with van der Waals surface area (Å²) in [5.74, 6) is 0.846. The maximum atomic E-state index is 12.3. The van der Waals surface area contributed by atoms with Crippen LogP contribution in [0.4, 0.5) is 4.79 Å². The first kappa shape index (κ1) is 24.2. The number of halogens is 1. The van der Waals surface area contributed by atoms with Crippen LogP contribution in [0.3, 0.4) is 0 Å². The van der Waals surface area contributed by atoms with Crippen molar-refractivity contribution in [2.24, 2.45) is 0 Å². The third-order valence-electron chi connectivity index (χ3n) is 4.80. The molecule has 1 aromatic carbocycles. The van der Waals surface area contributed by atoms with Gasteiger partial charge in [0.05, 0.1) is 0 Å². The van der Waals surface area contributed by atoms with Crippen LogP contribution in [-0.4, -0.2) is 36.6 Å². The van der Waals surface area contributed by atoms with Crippen molar-refractivity contribution in [3.05, 3.63) is 29.3 Å². The first-order chi connectivity index (χ1) is 12.9. The zero-order valence-corrected chi connectivity index (χ0v) is 18.2. The lowest BCUT2D eigenvalue weighted by Gasteiger charge is -2.21. The lowest BCUT2D eigenvalue weighted by atomic mass is 9.94. The van der Waals surface area contributed by atoms with Crippen molar-refractivity contribution >= 4 is 24.4 Å². The van der Waals surface area contributed by atoms with Crippen molar-refractivity contribution in [1.29, 1.82) is 0 Å². The number of nitrogens with zero attached hydrogens (tertiary/aromatic N) is 1. The molecule has 0 unspecified atom stereocenters. The molecule has 0 bridgehead atoms. The van der Waals surface area contributed by atoms with E-state index in [-0.39, 0.29) is 36.7 Å². The number of para-hydroxylation sites is 1. The number of rotatable bonds is 6. The van der Waals surface area contributed by atoms with Gasteiger partial charge >= 0.3 is 6.09 Å². The zero-order valence-electron chi connectivity index (χ0n) is 17.4. The zero-order chi connectivity index (χ0) is 19.8. The van der Waals surface area contributed by atoms with Crippen LogP contribution in [0.5, 0.6) is 5.75 Å². The van der Waals surface area contributed by atoms with Crippen LogP contribution in [0.25, 0.3) is 0 Å². The van der Waals surface area contributed by atoms with Gasteiger partial charge in [0.25, 0.3) is 5.91 Å². The molecule has 6 nitrogen and oxygen atoms in total. The molecule has 28 heavy (non-hydrogen) atoms. The Morgan fingerprint density at radius 3 is 2.04 bits per heavy atom. The molecule has 7 heteroatoms. The van der Waals surface area contributed by atoms with E-state index >= 15 is 0 Å². The molecule has 2 N–H and O–H groups in total. The standard InChI is InChI=1S/C21H33N3O3.ClH/c1-15(2)17-10-9-11-18(16(3)4)20(17)27-21(26)22-14-19(25)23-24-12-7-5-6-8-13-24;/h9-11,15-16H,5-8,12-14H2,1-4H3,(H,22,26)(H,23,25);1H. The monoisotopic (exact) mass is 411 g/mol. The minimum absolute atomic E-state index is 0. The second kappa shape index (κ2) is 11.9. The lowest BCUT2D eigenvalue weighted by molar-refractivity contribution is -0.124. The third kappa shape index (κ3) is 7.32. The number of carbonyl (C=O) groups is 2. The molecule has 1 fully saturated rings. The van der Waals surface area contributed by atoms with Crippen molar-refractivity contribution in [3.8, 4) is 5.75 Å². The normalized spacial score (nSPS) is 14.9. The minimum Gasteiger partial charge on any atom is -0.410 e. The molecule has 0 radical (unpaired) electrons. The van der Waals surface area contributed by atoms with Crippen LogP contribution in [-0.2, 0) is 4.79 Å². The van der Waals surface area contributed by atoms with E-state index in [0.717, 1.165) is 37.1 Å². The number of hydrogen-bond acceptors (Lipinski definition) is 4. The topological polar surface area (TPSA) is 70.7 Å². The summed E-state index contributed by atoms with van der Waals surface area (Å²) in [5, 5.41) is 4.51. The predicted molar refractivity (Wildman–Crippen MR) is 114 cm³/mol. The fourth-order valence-electron chi connectivity index (χ4n) is 3.28. The summed E-state index contributed by atoms with van der Waals surface area (Å²) in [6.07, 6.45) is 3.96. The molecule has 1 heterocycles. The molecule has 0 aromatic heterocycles. The quantitative estimate of drug-likeness (QED) is 0.729. The maximum absolute atomic E-state index is 12.3. The second-order valence-electron chi connectivity index (χ2n) is 7.75. The van der Waals surface area contributed by atoms with Gasteiger partial charge in [-0.1, -0.05) is 58.7 Å². The van der Waals surface area contributed by atoms with E-state index in [1.54, 1.807) is 0 Å². The fraction of sp³-hybridized carbons (Fsp3) is 0.619. The Morgan fingerprint density at radius 2 is 1.54 bits per heavy atom. The number of carbonyl (C=O) groups excluding carboxylic acids is 2. The molecule has 0 saturated carbocycles. The Morgan fingerprint density at radius 1 is 1.00 bits per heavy atom. The molecule has 0 spiro atoms. The van der Waals surface area contributed by atoms with E-state index in [4.69, 9.17) is 4.74 Å². The molecule has 0 aliphatic carbocycles. The van der Waals surface area contributed by atoms with Crippen molar-refractivity contribution < 1.29 is 14.3 Å². The number of benzene rings is 1. The molecule has 158 valence electrons. The number of nitrogens with one attached hydrogen (secondary N) is 2. The van der Waals surface area contributed by atoms with Crippen LogP contribution in [0.1, 0.15) is 76.3 Å². The van der Waals surface area contributed by atoms with Gasteiger partial charge in [-0.05, 0) is 35.8 Å². The summed E-state index contributed by atoms with van der Waals surface area (Å²) in [7, 11) is 0. The Kier molecular flexibility index (Phi) is 10.3. The average Bonchev–Trinajstić information content (AvgIpc) is 2.88. The van der Waals surface area contributed by atoms with Crippen LogP contribution >= 0.6 is 12.4 Å². The highest BCUT2D eigenvalue weighted by Gasteiger charge is 2.19. The van der Waals surface area contributed by atoms with Gasteiger partial charge in [-0.15, -0.1) is 12.4 Å². The van der Waals surface area contributed by atoms with Gasteiger partial charge in [0, 0.05) is 13.1 Å². The molecule has 2 rings (SSSR count). The van der Waals surface area contributed by atoms with Crippen molar-refractivity contribution in [1.82, 2.24) is 15.8 Å². The molecular weight excluding hydrogens is 378 g/mol. The van der Waals surface area contributed by atoms with Gasteiger partial charge in [-0.3, -0.25) is 10.2 Å². The number of hydrazine groups is 1. The highest BCUT2D eigenvalue weighted by molar-refractivity contribution is 5.85. The predicted octanol–water partition coefficient (Wildman–Crippen LogP) is 4.35. The third-order valence-corrected chi connectivity index (χ3v) is 4.80.